The van der Waals surface area contributed by atoms with Crippen LogP contribution >= 0.6 is 12.2 Å². The highest BCUT2D eigenvalue weighted by Gasteiger charge is 2.17. The largest absolute Gasteiger partial charge is 0.389 e. The molecule has 0 amide bonds. The Morgan fingerprint density at radius 1 is 1.44 bits per heavy atom. The van der Waals surface area contributed by atoms with Gasteiger partial charge in [0.05, 0.1) is 0 Å². The number of nitrogens with zero attached hydrogens (tertiary/aromatic N) is 1. The van der Waals surface area contributed by atoms with Crippen molar-refractivity contribution in [2.75, 3.05) is 24.6 Å². The van der Waals surface area contributed by atoms with Gasteiger partial charge in [0.1, 0.15) is 10.8 Å². The minimum Gasteiger partial charge on any atom is -0.389 e. The molecular weight excluding hydrogens is 271 g/mol. The molecule has 0 aromatic heterocycles. The molecule has 1 aliphatic rings. The summed E-state index contributed by atoms with van der Waals surface area (Å²) in [5.74, 6) is 0.990. The summed E-state index contributed by atoms with van der Waals surface area (Å²) in [5, 5.41) is 0. The Balaban J connectivity index is 2.12. The lowest BCUT2D eigenvalue weighted by Gasteiger charge is -2.26. The van der Waals surface area contributed by atoms with Crippen molar-refractivity contribution in [2.45, 2.75) is 6.54 Å². The Morgan fingerprint density at radius 3 is 2.72 bits per heavy atom. The molecule has 0 saturated carbocycles. The lowest BCUT2D eigenvalue weighted by Crippen LogP contribution is -2.37. The highest BCUT2D eigenvalue weighted by atomic mass is 32.2. The lowest BCUT2D eigenvalue weighted by molar-refractivity contribution is 0.287. The van der Waals surface area contributed by atoms with Crippen molar-refractivity contribution in [3.05, 3.63) is 35.1 Å². The van der Waals surface area contributed by atoms with Crippen LogP contribution in [-0.4, -0.2) is 38.7 Å². The first kappa shape index (κ1) is 13.6. The zero-order chi connectivity index (χ0) is 13.1. The first-order valence-corrected chi connectivity index (χ1v) is 7.62. The van der Waals surface area contributed by atoms with Crippen LogP contribution in [0.3, 0.4) is 0 Å². The number of benzene rings is 1. The number of halogens is 1. The maximum Gasteiger partial charge on any atom is 0.137 e. The van der Waals surface area contributed by atoms with Crippen molar-refractivity contribution in [1.82, 2.24) is 4.90 Å². The van der Waals surface area contributed by atoms with Crippen molar-refractivity contribution in [3.63, 3.8) is 0 Å². The third-order valence-electron chi connectivity index (χ3n) is 3.01. The molecule has 0 spiro atoms. The molecule has 98 valence electrons. The van der Waals surface area contributed by atoms with E-state index in [-0.39, 0.29) is 10.8 Å². The average Bonchev–Trinajstić information content (AvgIpc) is 2.34. The summed E-state index contributed by atoms with van der Waals surface area (Å²) in [6.07, 6.45) is 0. The summed E-state index contributed by atoms with van der Waals surface area (Å²) in [4.78, 5) is 2.18. The first-order chi connectivity index (χ1) is 8.58. The molecule has 1 heterocycles. The van der Waals surface area contributed by atoms with E-state index in [1.54, 1.807) is 18.2 Å². The first-order valence-electron chi connectivity index (χ1n) is 5.72. The fourth-order valence-electron chi connectivity index (χ4n) is 1.97. The van der Waals surface area contributed by atoms with E-state index in [0.29, 0.717) is 29.2 Å². The van der Waals surface area contributed by atoms with E-state index >= 15 is 0 Å². The number of hydrogen-bond donors (Lipinski definition) is 1. The van der Waals surface area contributed by atoms with Crippen molar-refractivity contribution >= 4 is 28.0 Å². The molecule has 2 N–H and O–H groups in total. The summed E-state index contributed by atoms with van der Waals surface area (Å²) < 4.78 is 25.3. The van der Waals surface area contributed by atoms with Crippen LogP contribution in [0.2, 0.25) is 0 Å². The van der Waals surface area contributed by atoms with Gasteiger partial charge in [-0.05, 0) is 6.07 Å². The zero-order valence-electron chi connectivity index (χ0n) is 9.89. The van der Waals surface area contributed by atoms with E-state index < -0.39 is 10.8 Å². The maximum absolute atomic E-state index is 14.1. The molecule has 0 radical (unpaired) electrons. The molecule has 0 bridgehead atoms. The second kappa shape index (κ2) is 5.86. The second-order valence-electron chi connectivity index (χ2n) is 4.27. The quantitative estimate of drug-likeness (QED) is 0.843. The summed E-state index contributed by atoms with van der Waals surface area (Å²) in [6.45, 7) is 1.99. The molecule has 18 heavy (non-hydrogen) atoms. The van der Waals surface area contributed by atoms with Crippen molar-refractivity contribution < 1.29 is 8.60 Å². The monoisotopic (exact) mass is 286 g/mol. The SMILES string of the molecule is NC(=S)c1cccc(CN2CCS(=O)CC2)c1F. The second-order valence-corrected chi connectivity index (χ2v) is 6.40. The van der Waals surface area contributed by atoms with E-state index in [2.05, 4.69) is 4.90 Å². The van der Waals surface area contributed by atoms with E-state index in [1.807, 2.05) is 0 Å². The van der Waals surface area contributed by atoms with Crippen LogP contribution in [0.15, 0.2) is 18.2 Å². The molecule has 1 saturated heterocycles. The minimum atomic E-state index is -0.712. The van der Waals surface area contributed by atoms with Crippen LogP contribution in [0.25, 0.3) is 0 Å². The van der Waals surface area contributed by atoms with Gasteiger partial charge in [0, 0.05) is 53.1 Å². The van der Waals surface area contributed by atoms with Gasteiger partial charge >= 0.3 is 0 Å². The number of hydrogen-bond acceptors (Lipinski definition) is 3. The molecule has 1 fully saturated rings. The Labute approximate surface area is 114 Å². The van der Waals surface area contributed by atoms with Crippen molar-refractivity contribution in [2.24, 2.45) is 5.73 Å². The van der Waals surface area contributed by atoms with Crippen LogP contribution in [0.5, 0.6) is 0 Å². The topological polar surface area (TPSA) is 46.3 Å². The number of rotatable bonds is 3. The summed E-state index contributed by atoms with van der Waals surface area (Å²) in [7, 11) is -0.712. The van der Waals surface area contributed by atoms with Gasteiger partial charge < -0.3 is 5.73 Å². The highest BCUT2D eigenvalue weighted by Crippen LogP contribution is 2.16. The zero-order valence-corrected chi connectivity index (χ0v) is 11.5. The average molecular weight is 286 g/mol. The summed E-state index contributed by atoms with van der Waals surface area (Å²) in [5.41, 5.74) is 6.36. The van der Waals surface area contributed by atoms with Gasteiger partial charge in [-0.25, -0.2) is 4.39 Å². The molecule has 3 nitrogen and oxygen atoms in total. The van der Waals surface area contributed by atoms with Gasteiger partial charge in [-0.2, -0.15) is 0 Å². The van der Waals surface area contributed by atoms with Gasteiger partial charge in [-0.3, -0.25) is 9.11 Å². The van der Waals surface area contributed by atoms with Crippen LogP contribution in [0.4, 0.5) is 4.39 Å². The van der Waals surface area contributed by atoms with Crippen LogP contribution < -0.4 is 5.73 Å². The standard InChI is InChI=1S/C12H15FN2OS2/c13-11-9(2-1-3-10(11)12(14)17)8-15-4-6-18(16)7-5-15/h1-3H,4-8H2,(H2,14,17). The summed E-state index contributed by atoms with van der Waals surface area (Å²) in [6, 6.07) is 5.09. The Kier molecular flexibility index (Phi) is 4.42. The number of thiocarbonyl (C=S) groups is 1. The predicted molar refractivity (Wildman–Crippen MR) is 75.4 cm³/mol. The minimum absolute atomic E-state index is 0.0779. The van der Waals surface area contributed by atoms with E-state index in [0.717, 1.165) is 13.1 Å². The highest BCUT2D eigenvalue weighted by molar-refractivity contribution is 7.85. The van der Waals surface area contributed by atoms with Gasteiger partial charge in [-0.15, -0.1) is 0 Å². The van der Waals surface area contributed by atoms with Gasteiger partial charge in [-0.1, -0.05) is 24.4 Å². The Hall–Kier alpha value is -0.850. The molecule has 1 aromatic rings. The van der Waals surface area contributed by atoms with Gasteiger partial charge in [0.25, 0.3) is 0 Å². The molecule has 0 atom stereocenters. The third-order valence-corrected chi connectivity index (χ3v) is 4.50. The fourth-order valence-corrected chi connectivity index (χ4v) is 3.25. The van der Waals surface area contributed by atoms with Crippen LogP contribution in [-0.2, 0) is 17.3 Å². The predicted octanol–water partition coefficient (Wildman–Crippen LogP) is 1.02. The molecule has 0 aliphatic carbocycles. The lowest BCUT2D eigenvalue weighted by atomic mass is 10.1. The Morgan fingerprint density at radius 2 is 2.11 bits per heavy atom. The van der Waals surface area contributed by atoms with E-state index in [4.69, 9.17) is 18.0 Å². The van der Waals surface area contributed by atoms with Crippen LogP contribution in [0, 0.1) is 5.82 Å². The van der Waals surface area contributed by atoms with Crippen molar-refractivity contribution in [1.29, 1.82) is 0 Å². The fraction of sp³-hybridized carbons (Fsp3) is 0.417. The normalized spacial score (nSPS) is 17.8. The molecule has 0 unspecified atom stereocenters. The molecule has 1 aromatic carbocycles. The third kappa shape index (κ3) is 3.13. The summed E-state index contributed by atoms with van der Waals surface area (Å²) >= 11 is 4.81. The van der Waals surface area contributed by atoms with E-state index in [1.165, 1.54) is 0 Å². The molecule has 2 rings (SSSR count). The number of nitrogens with two attached hydrogens (primary N) is 1. The van der Waals surface area contributed by atoms with E-state index in [9.17, 15) is 8.60 Å². The smallest absolute Gasteiger partial charge is 0.137 e. The van der Waals surface area contributed by atoms with Gasteiger partial charge in [0.2, 0.25) is 0 Å². The Bertz CT molecular complexity index is 483. The molecule has 1 aliphatic heterocycles. The van der Waals surface area contributed by atoms with Crippen molar-refractivity contribution in [3.8, 4) is 0 Å². The van der Waals surface area contributed by atoms with Gasteiger partial charge in [0.15, 0.2) is 0 Å². The maximum atomic E-state index is 14.1. The molecule has 6 heteroatoms. The van der Waals surface area contributed by atoms with Crippen LogP contribution in [0.1, 0.15) is 11.1 Å². The molecular formula is C12H15FN2OS2.